The summed E-state index contributed by atoms with van der Waals surface area (Å²) >= 11 is 0. The third kappa shape index (κ3) is 4.56. The predicted molar refractivity (Wildman–Crippen MR) is 89.3 cm³/mol. The number of ether oxygens (including phenoxy) is 2. The van der Waals surface area contributed by atoms with Gasteiger partial charge in [0.1, 0.15) is 11.8 Å². The van der Waals surface area contributed by atoms with Crippen molar-refractivity contribution in [1.82, 2.24) is 4.72 Å². The van der Waals surface area contributed by atoms with Gasteiger partial charge in [0, 0.05) is 0 Å². The minimum absolute atomic E-state index is 0.0913. The summed E-state index contributed by atoms with van der Waals surface area (Å²) in [5.41, 5.74) is 0.780. The molecule has 0 saturated heterocycles. The van der Waals surface area contributed by atoms with Crippen LogP contribution in [-0.2, 0) is 26.0 Å². The van der Waals surface area contributed by atoms with Crippen LogP contribution in [0.25, 0.3) is 0 Å². The number of carbonyl (C=O) groups excluding carboxylic acids is 1. The second-order valence-corrected chi connectivity index (χ2v) is 6.78. The lowest BCUT2D eigenvalue weighted by Crippen LogP contribution is -2.42. The van der Waals surface area contributed by atoms with Gasteiger partial charge in [0.05, 0.1) is 19.1 Å². The molecule has 0 saturated carbocycles. The van der Waals surface area contributed by atoms with Gasteiger partial charge < -0.3 is 9.47 Å². The molecule has 0 aliphatic carbocycles. The molecule has 24 heavy (non-hydrogen) atoms. The van der Waals surface area contributed by atoms with Crippen molar-refractivity contribution in [2.75, 3.05) is 14.2 Å². The summed E-state index contributed by atoms with van der Waals surface area (Å²) in [6.07, 6.45) is 0.169. The van der Waals surface area contributed by atoms with E-state index >= 15 is 0 Å². The molecule has 0 radical (unpaired) electrons. The highest BCUT2D eigenvalue weighted by Gasteiger charge is 2.26. The summed E-state index contributed by atoms with van der Waals surface area (Å²) in [5.74, 6) is 0.0311. The Labute approximate surface area is 141 Å². The number of methoxy groups -OCH3 is 2. The van der Waals surface area contributed by atoms with Crippen molar-refractivity contribution in [2.24, 2.45) is 0 Å². The first-order chi connectivity index (χ1) is 11.5. The van der Waals surface area contributed by atoms with Crippen LogP contribution in [0.3, 0.4) is 0 Å². The molecule has 0 aliphatic rings. The number of carbonyl (C=O) groups is 1. The lowest BCUT2D eigenvalue weighted by molar-refractivity contribution is -0.142. The zero-order chi connectivity index (χ0) is 17.6. The Morgan fingerprint density at radius 3 is 2.21 bits per heavy atom. The van der Waals surface area contributed by atoms with Gasteiger partial charge in [-0.05, 0) is 36.2 Å². The molecule has 0 amide bonds. The van der Waals surface area contributed by atoms with E-state index in [1.807, 2.05) is 0 Å². The molecule has 0 unspecified atom stereocenters. The van der Waals surface area contributed by atoms with Gasteiger partial charge in [0.2, 0.25) is 10.0 Å². The van der Waals surface area contributed by atoms with Crippen molar-refractivity contribution >= 4 is 16.0 Å². The van der Waals surface area contributed by atoms with Crippen molar-refractivity contribution in [3.05, 3.63) is 60.2 Å². The number of nitrogens with one attached hydrogen (secondary N) is 1. The Kier molecular flexibility index (Phi) is 5.94. The summed E-state index contributed by atoms with van der Waals surface area (Å²) in [7, 11) is -1.04. The molecule has 6 nitrogen and oxygen atoms in total. The Bertz CT molecular complexity index is 772. The second kappa shape index (κ2) is 7.94. The first kappa shape index (κ1) is 18.0. The van der Waals surface area contributed by atoms with Gasteiger partial charge in [0.25, 0.3) is 0 Å². The average Bonchev–Trinajstić information content (AvgIpc) is 2.61. The van der Waals surface area contributed by atoms with Gasteiger partial charge in [-0.3, -0.25) is 4.79 Å². The smallest absolute Gasteiger partial charge is 0.324 e. The molecule has 2 aromatic carbocycles. The van der Waals surface area contributed by atoms with Crippen molar-refractivity contribution < 1.29 is 22.7 Å². The molecule has 0 spiro atoms. The molecule has 2 aromatic rings. The lowest BCUT2D eigenvalue weighted by Gasteiger charge is -2.17. The number of hydrogen-bond donors (Lipinski definition) is 1. The summed E-state index contributed by atoms with van der Waals surface area (Å²) in [6.45, 7) is 0. The molecule has 128 valence electrons. The third-order valence-corrected chi connectivity index (χ3v) is 4.92. The van der Waals surface area contributed by atoms with E-state index in [-0.39, 0.29) is 11.3 Å². The highest BCUT2D eigenvalue weighted by atomic mass is 32.2. The van der Waals surface area contributed by atoms with Crippen LogP contribution in [0.1, 0.15) is 5.56 Å². The summed E-state index contributed by atoms with van der Waals surface area (Å²) in [5, 5.41) is 0. The fourth-order valence-electron chi connectivity index (χ4n) is 2.17. The van der Waals surface area contributed by atoms with E-state index in [1.54, 1.807) is 49.6 Å². The first-order valence-corrected chi connectivity index (χ1v) is 8.72. The molecular formula is C17H19NO5S. The number of benzene rings is 2. The fourth-order valence-corrected chi connectivity index (χ4v) is 3.37. The van der Waals surface area contributed by atoms with Gasteiger partial charge >= 0.3 is 5.97 Å². The largest absolute Gasteiger partial charge is 0.497 e. The highest BCUT2D eigenvalue weighted by molar-refractivity contribution is 7.89. The van der Waals surface area contributed by atoms with Crippen LogP contribution in [0.15, 0.2) is 59.5 Å². The normalized spacial score (nSPS) is 12.4. The van der Waals surface area contributed by atoms with Crippen molar-refractivity contribution in [3.63, 3.8) is 0 Å². The third-order valence-electron chi connectivity index (χ3n) is 3.44. The van der Waals surface area contributed by atoms with Crippen molar-refractivity contribution in [2.45, 2.75) is 17.4 Å². The van der Waals surface area contributed by atoms with E-state index in [0.717, 1.165) is 5.56 Å². The van der Waals surface area contributed by atoms with Crippen LogP contribution in [0.4, 0.5) is 0 Å². The van der Waals surface area contributed by atoms with Crippen LogP contribution < -0.4 is 9.46 Å². The summed E-state index contributed by atoms with van der Waals surface area (Å²) in [6, 6.07) is 13.9. The van der Waals surface area contributed by atoms with E-state index in [4.69, 9.17) is 9.47 Å². The van der Waals surface area contributed by atoms with E-state index in [1.165, 1.54) is 19.2 Å². The quantitative estimate of drug-likeness (QED) is 0.770. The van der Waals surface area contributed by atoms with Crippen LogP contribution in [0, 0.1) is 0 Å². The standard InChI is InChI=1S/C17H19NO5S/c1-22-14-10-8-13(9-11-14)12-16(17(19)23-2)18-24(20,21)15-6-4-3-5-7-15/h3-11,16,18H,12H2,1-2H3/t16-/m0/s1. The molecule has 7 heteroatoms. The van der Waals surface area contributed by atoms with E-state index in [2.05, 4.69) is 4.72 Å². The molecule has 0 fully saturated rings. The minimum atomic E-state index is -3.82. The molecule has 0 aromatic heterocycles. The number of esters is 1. The van der Waals surface area contributed by atoms with Crippen LogP contribution in [0.5, 0.6) is 5.75 Å². The Hall–Kier alpha value is -2.38. The van der Waals surface area contributed by atoms with Crippen LogP contribution in [0.2, 0.25) is 0 Å². The van der Waals surface area contributed by atoms with Gasteiger partial charge in [0.15, 0.2) is 0 Å². The topological polar surface area (TPSA) is 81.7 Å². The second-order valence-electron chi connectivity index (χ2n) is 5.06. The van der Waals surface area contributed by atoms with Crippen molar-refractivity contribution in [1.29, 1.82) is 0 Å². The average molecular weight is 349 g/mol. The van der Waals surface area contributed by atoms with Gasteiger partial charge in [-0.15, -0.1) is 0 Å². The highest BCUT2D eigenvalue weighted by Crippen LogP contribution is 2.15. The first-order valence-electron chi connectivity index (χ1n) is 7.24. The van der Waals surface area contributed by atoms with Gasteiger partial charge in [-0.25, -0.2) is 8.42 Å². The zero-order valence-electron chi connectivity index (χ0n) is 13.4. The number of hydrogen-bond acceptors (Lipinski definition) is 5. The van der Waals surface area contributed by atoms with E-state index < -0.39 is 22.0 Å². The Balaban J connectivity index is 2.20. The van der Waals surface area contributed by atoms with Gasteiger partial charge in [-0.2, -0.15) is 4.72 Å². The van der Waals surface area contributed by atoms with Gasteiger partial charge in [-0.1, -0.05) is 30.3 Å². The van der Waals surface area contributed by atoms with Crippen LogP contribution >= 0.6 is 0 Å². The molecule has 0 bridgehead atoms. The minimum Gasteiger partial charge on any atom is -0.497 e. The zero-order valence-corrected chi connectivity index (χ0v) is 14.2. The molecule has 2 rings (SSSR count). The predicted octanol–water partition coefficient (Wildman–Crippen LogP) is 1.76. The maximum Gasteiger partial charge on any atom is 0.324 e. The van der Waals surface area contributed by atoms with E-state index in [0.29, 0.717) is 5.75 Å². The summed E-state index contributed by atoms with van der Waals surface area (Å²) in [4.78, 5) is 12.1. The number of sulfonamides is 1. The monoisotopic (exact) mass is 349 g/mol. The van der Waals surface area contributed by atoms with Crippen LogP contribution in [-0.4, -0.2) is 34.6 Å². The molecule has 0 heterocycles. The Morgan fingerprint density at radius 1 is 1.04 bits per heavy atom. The maximum absolute atomic E-state index is 12.4. The maximum atomic E-state index is 12.4. The molecule has 1 N–H and O–H groups in total. The van der Waals surface area contributed by atoms with E-state index in [9.17, 15) is 13.2 Å². The molecule has 0 aliphatic heterocycles. The fraction of sp³-hybridized carbons (Fsp3) is 0.235. The Morgan fingerprint density at radius 2 is 1.67 bits per heavy atom. The molecule has 1 atom stereocenters. The SMILES string of the molecule is COC(=O)[C@H](Cc1ccc(OC)cc1)NS(=O)(=O)c1ccccc1. The summed E-state index contributed by atoms with van der Waals surface area (Å²) < 4.78 is 37.0. The lowest BCUT2D eigenvalue weighted by atomic mass is 10.1. The van der Waals surface area contributed by atoms with Crippen molar-refractivity contribution in [3.8, 4) is 5.75 Å². The number of rotatable bonds is 7. The molecular weight excluding hydrogens is 330 g/mol.